The lowest BCUT2D eigenvalue weighted by atomic mass is 10.0. The van der Waals surface area contributed by atoms with Crippen LogP contribution in [0.5, 0.6) is 0 Å². The molecule has 1 N–H and O–H groups in total. The highest BCUT2D eigenvalue weighted by atomic mass is 79.9. The van der Waals surface area contributed by atoms with E-state index in [1.165, 1.54) is 7.11 Å². The van der Waals surface area contributed by atoms with Crippen LogP contribution in [0.4, 0.5) is 0 Å². The smallest absolute Gasteiger partial charge is 0.373 e. The van der Waals surface area contributed by atoms with E-state index in [0.717, 1.165) is 16.6 Å². The highest BCUT2D eigenvalue weighted by molar-refractivity contribution is 9.10. The van der Waals surface area contributed by atoms with Crippen LogP contribution in [0.3, 0.4) is 0 Å². The minimum Gasteiger partial charge on any atom is -0.463 e. The number of hydrogen-bond donors (Lipinski definition) is 1. The molecule has 1 aromatic carbocycles. The van der Waals surface area contributed by atoms with E-state index in [-0.39, 0.29) is 11.8 Å². The van der Waals surface area contributed by atoms with Gasteiger partial charge in [0.05, 0.1) is 13.2 Å². The van der Waals surface area contributed by atoms with Gasteiger partial charge in [-0.2, -0.15) is 0 Å². The summed E-state index contributed by atoms with van der Waals surface area (Å²) in [6, 6.07) is 8.70. The van der Waals surface area contributed by atoms with Gasteiger partial charge in [-0.05, 0) is 42.4 Å². The Morgan fingerprint density at radius 1 is 1.43 bits per heavy atom. The monoisotopic (exact) mass is 371 g/mol. The number of rotatable bonds is 5. The predicted molar refractivity (Wildman–Crippen MR) is 84.7 cm³/mol. The van der Waals surface area contributed by atoms with Gasteiger partial charge in [0.25, 0.3) is 0 Å². The highest BCUT2D eigenvalue weighted by Gasteiger charge is 2.21. The number of carbonyl (C=O) groups is 1. The number of halogens is 2. The number of ether oxygens (including phenoxy) is 1. The van der Waals surface area contributed by atoms with Crippen molar-refractivity contribution < 1.29 is 13.9 Å². The van der Waals surface area contributed by atoms with E-state index < -0.39 is 5.97 Å². The lowest BCUT2D eigenvalue weighted by Gasteiger charge is -2.18. The molecule has 0 amide bonds. The summed E-state index contributed by atoms with van der Waals surface area (Å²) < 4.78 is 11.2. The quantitative estimate of drug-likeness (QED) is 0.800. The van der Waals surface area contributed by atoms with Crippen LogP contribution in [0.1, 0.15) is 34.8 Å². The average Bonchev–Trinajstić information content (AvgIpc) is 2.96. The lowest BCUT2D eigenvalue weighted by Crippen LogP contribution is -2.22. The molecule has 2 rings (SSSR count). The first-order valence-corrected chi connectivity index (χ1v) is 7.60. The van der Waals surface area contributed by atoms with E-state index in [1.807, 2.05) is 19.1 Å². The minimum atomic E-state index is -0.498. The molecule has 0 saturated carbocycles. The van der Waals surface area contributed by atoms with E-state index in [2.05, 4.69) is 26.0 Å². The number of hydrogen-bond acceptors (Lipinski definition) is 4. The molecule has 0 aliphatic rings. The Balaban J connectivity index is 2.41. The Hall–Kier alpha value is -1.30. The van der Waals surface area contributed by atoms with Crippen molar-refractivity contribution in [2.24, 2.45) is 0 Å². The second kappa shape index (κ2) is 7.11. The summed E-state index contributed by atoms with van der Waals surface area (Å²) in [5.74, 6) is 0.301. The van der Waals surface area contributed by atoms with Crippen LogP contribution in [-0.4, -0.2) is 19.6 Å². The first kappa shape index (κ1) is 16.1. The lowest BCUT2D eigenvalue weighted by molar-refractivity contribution is 0.0562. The molecule has 1 aromatic heterocycles. The molecule has 4 nitrogen and oxygen atoms in total. The van der Waals surface area contributed by atoms with Crippen LogP contribution in [0.2, 0.25) is 5.02 Å². The van der Waals surface area contributed by atoms with Crippen molar-refractivity contribution in [1.29, 1.82) is 0 Å². The molecule has 0 saturated heterocycles. The summed E-state index contributed by atoms with van der Waals surface area (Å²) in [7, 11) is 1.32. The molecule has 2 aromatic rings. The number of furan rings is 1. The highest BCUT2D eigenvalue weighted by Crippen LogP contribution is 2.32. The number of nitrogens with one attached hydrogen (secondary N) is 1. The summed E-state index contributed by atoms with van der Waals surface area (Å²) in [4.78, 5) is 11.5. The second-order valence-corrected chi connectivity index (χ2v) is 5.64. The Morgan fingerprint density at radius 2 is 2.19 bits per heavy atom. The Kier molecular flexibility index (Phi) is 5.45. The molecule has 0 bridgehead atoms. The fraction of sp³-hybridized carbons (Fsp3) is 0.267. The van der Waals surface area contributed by atoms with Crippen LogP contribution in [-0.2, 0) is 4.74 Å². The maximum Gasteiger partial charge on any atom is 0.373 e. The topological polar surface area (TPSA) is 51.5 Å². The Morgan fingerprint density at radius 3 is 2.86 bits per heavy atom. The van der Waals surface area contributed by atoms with Crippen molar-refractivity contribution in [1.82, 2.24) is 5.32 Å². The second-order valence-electron chi connectivity index (χ2n) is 4.35. The maximum absolute atomic E-state index is 11.5. The molecule has 6 heteroatoms. The normalized spacial score (nSPS) is 12.2. The molecule has 0 aliphatic heterocycles. The number of benzene rings is 1. The van der Waals surface area contributed by atoms with E-state index in [0.29, 0.717) is 10.8 Å². The van der Waals surface area contributed by atoms with Crippen molar-refractivity contribution >= 4 is 33.5 Å². The molecule has 0 spiro atoms. The third-order valence-electron chi connectivity index (χ3n) is 2.98. The molecular weight excluding hydrogens is 358 g/mol. The fourth-order valence-corrected chi connectivity index (χ4v) is 2.68. The van der Waals surface area contributed by atoms with Gasteiger partial charge in [0.1, 0.15) is 5.76 Å². The summed E-state index contributed by atoms with van der Waals surface area (Å²) in [6.45, 7) is 2.73. The van der Waals surface area contributed by atoms with E-state index >= 15 is 0 Å². The average molecular weight is 373 g/mol. The third kappa shape index (κ3) is 3.67. The molecule has 1 heterocycles. The number of esters is 1. The van der Waals surface area contributed by atoms with E-state index in [4.69, 9.17) is 16.0 Å². The first-order chi connectivity index (χ1) is 10.1. The summed E-state index contributed by atoms with van der Waals surface area (Å²) in [6.07, 6.45) is 0. The van der Waals surface area contributed by atoms with Crippen LogP contribution < -0.4 is 5.32 Å². The van der Waals surface area contributed by atoms with Crippen molar-refractivity contribution in [3.63, 3.8) is 0 Å². The van der Waals surface area contributed by atoms with E-state index in [1.54, 1.807) is 18.2 Å². The Labute approximate surface area is 136 Å². The summed E-state index contributed by atoms with van der Waals surface area (Å²) in [5, 5.41) is 3.95. The standard InChI is InChI=1S/C15H15BrClNO3/c1-3-18-14(10-8-9(17)4-5-11(10)16)12-6-7-13(21-12)15(19)20-2/h4-8,14,18H,3H2,1-2H3. The number of methoxy groups -OCH3 is 1. The molecule has 0 aliphatic carbocycles. The van der Waals surface area contributed by atoms with Gasteiger partial charge in [0.15, 0.2) is 0 Å². The molecule has 21 heavy (non-hydrogen) atoms. The van der Waals surface area contributed by atoms with Gasteiger partial charge < -0.3 is 14.5 Å². The molecule has 112 valence electrons. The SMILES string of the molecule is CCNC(c1ccc(C(=O)OC)o1)c1cc(Cl)ccc1Br. The summed E-state index contributed by atoms with van der Waals surface area (Å²) in [5.41, 5.74) is 0.940. The zero-order valence-electron chi connectivity index (χ0n) is 11.7. The van der Waals surface area contributed by atoms with Crippen LogP contribution in [0.15, 0.2) is 39.2 Å². The van der Waals surface area contributed by atoms with Crippen LogP contribution in [0.25, 0.3) is 0 Å². The molecule has 1 unspecified atom stereocenters. The van der Waals surface area contributed by atoms with Gasteiger partial charge in [0.2, 0.25) is 5.76 Å². The molecular formula is C15H15BrClNO3. The van der Waals surface area contributed by atoms with Crippen molar-refractivity contribution in [3.05, 3.63) is 56.9 Å². The zero-order valence-corrected chi connectivity index (χ0v) is 14.0. The molecule has 0 fully saturated rings. The third-order valence-corrected chi connectivity index (χ3v) is 3.93. The van der Waals surface area contributed by atoms with Gasteiger partial charge in [-0.1, -0.05) is 34.5 Å². The van der Waals surface area contributed by atoms with Crippen LogP contribution in [0, 0.1) is 0 Å². The predicted octanol–water partition coefficient (Wildman–Crippen LogP) is 4.18. The van der Waals surface area contributed by atoms with Gasteiger partial charge in [-0.15, -0.1) is 0 Å². The van der Waals surface area contributed by atoms with Gasteiger partial charge >= 0.3 is 5.97 Å². The maximum atomic E-state index is 11.5. The van der Waals surface area contributed by atoms with Gasteiger partial charge in [-0.25, -0.2) is 4.79 Å². The van der Waals surface area contributed by atoms with Gasteiger partial charge in [0, 0.05) is 9.50 Å². The van der Waals surface area contributed by atoms with Crippen molar-refractivity contribution in [3.8, 4) is 0 Å². The van der Waals surface area contributed by atoms with Gasteiger partial charge in [-0.3, -0.25) is 0 Å². The number of carbonyl (C=O) groups excluding carboxylic acids is 1. The first-order valence-electron chi connectivity index (χ1n) is 6.43. The fourth-order valence-electron chi connectivity index (χ4n) is 2.02. The largest absolute Gasteiger partial charge is 0.463 e. The molecule has 0 radical (unpaired) electrons. The van der Waals surface area contributed by atoms with Crippen molar-refractivity contribution in [2.45, 2.75) is 13.0 Å². The Bertz CT molecular complexity index is 642. The summed E-state index contributed by atoms with van der Waals surface area (Å²) >= 11 is 9.59. The molecule has 1 atom stereocenters. The van der Waals surface area contributed by atoms with E-state index in [9.17, 15) is 4.79 Å². The van der Waals surface area contributed by atoms with Crippen molar-refractivity contribution in [2.75, 3.05) is 13.7 Å². The zero-order chi connectivity index (χ0) is 15.4. The van der Waals surface area contributed by atoms with Crippen LogP contribution >= 0.6 is 27.5 Å². The minimum absolute atomic E-state index is 0.175.